The Morgan fingerprint density at radius 3 is 2.82 bits per heavy atom. The molecule has 1 aromatic heterocycles. The summed E-state index contributed by atoms with van der Waals surface area (Å²) in [7, 11) is 1.57. The first-order chi connectivity index (χ1) is 10.8. The number of aromatic nitrogens is 2. The third-order valence-corrected chi connectivity index (χ3v) is 3.67. The van der Waals surface area contributed by atoms with E-state index in [2.05, 4.69) is 15.7 Å². The zero-order valence-electron chi connectivity index (χ0n) is 12.2. The molecule has 0 aliphatic rings. The number of hydrogen-bond acceptors (Lipinski definition) is 4. The van der Waals surface area contributed by atoms with Crippen LogP contribution < -0.4 is 5.48 Å². The molecule has 2 N–H and O–H groups in total. The number of para-hydroxylation sites is 1. The summed E-state index contributed by atoms with van der Waals surface area (Å²) in [5, 5.41) is 8.15. The van der Waals surface area contributed by atoms with Crippen LogP contribution in [-0.2, 0) is 9.63 Å². The SMILES string of the molecule is CNOC(=O)CC(c1ccccc1)c1cccc2cn[nH]c12. The summed E-state index contributed by atoms with van der Waals surface area (Å²) in [5.41, 5.74) is 5.49. The highest BCUT2D eigenvalue weighted by atomic mass is 16.7. The van der Waals surface area contributed by atoms with Crippen molar-refractivity contribution in [3.63, 3.8) is 0 Å². The number of hydrogen-bond donors (Lipinski definition) is 2. The number of carbonyl (C=O) groups excluding carboxylic acids is 1. The second-order valence-corrected chi connectivity index (χ2v) is 5.03. The molecule has 3 rings (SSSR count). The Morgan fingerprint density at radius 1 is 1.23 bits per heavy atom. The molecule has 0 bridgehead atoms. The predicted octanol–water partition coefficient (Wildman–Crippen LogP) is 2.76. The molecule has 1 heterocycles. The molecule has 1 unspecified atom stereocenters. The molecule has 0 saturated carbocycles. The van der Waals surface area contributed by atoms with Crippen molar-refractivity contribution in [3.05, 3.63) is 65.9 Å². The molecule has 5 nitrogen and oxygen atoms in total. The molecule has 2 aromatic carbocycles. The van der Waals surface area contributed by atoms with Crippen molar-refractivity contribution in [2.45, 2.75) is 12.3 Å². The van der Waals surface area contributed by atoms with Gasteiger partial charge in [0.2, 0.25) is 0 Å². The quantitative estimate of drug-likeness (QED) is 0.710. The van der Waals surface area contributed by atoms with Gasteiger partial charge in [-0.3, -0.25) is 9.89 Å². The molecule has 0 amide bonds. The number of H-pyrrole nitrogens is 1. The van der Waals surface area contributed by atoms with E-state index in [4.69, 9.17) is 4.84 Å². The van der Waals surface area contributed by atoms with Crippen LogP contribution in [0.5, 0.6) is 0 Å². The Bertz CT molecular complexity index is 768. The molecule has 0 aliphatic heterocycles. The van der Waals surface area contributed by atoms with Crippen LogP contribution in [0.3, 0.4) is 0 Å². The monoisotopic (exact) mass is 295 g/mol. The number of hydroxylamine groups is 1. The summed E-state index contributed by atoms with van der Waals surface area (Å²) >= 11 is 0. The average Bonchev–Trinajstić information content (AvgIpc) is 3.02. The van der Waals surface area contributed by atoms with Gasteiger partial charge in [-0.2, -0.15) is 10.6 Å². The van der Waals surface area contributed by atoms with Crippen LogP contribution >= 0.6 is 0 Å². The van der Waals surface area contributed by atoms with E-state index < -0.39 is 0 Å². The number of nitrogens with zero attached hydrogens (tertiary/aromatic N) is 1. The first-order valence-corrected chi connectivity index (χ1v) is 7.13. The van der Waals surface area contributed by atoms with Gasteiger partial charge in [0.15, 0.2) is 0 Å². The Labute approximate surface area is 128 Å². The lowest BCUT2D eigenvalue weighted by Gasteiger charge is -2.17. The average molecular weight is 295 g/mol. The summed E-state index contributed by atoms with van der Waals surface area (Å²) in [6.07, 6.45) is 2.04. The fourth-order valence-electron chi connectivity index (χ4n) is 2.70. The van der Waals surface area contributed by atoms with E-state index in [-0.39, 0.29) is 18.3 Å². The highest BCUT2D eigenvalue weighted by Crippen LogP contribution is 2.32. The summed E-state index contributed by atoms with van der Waals surface area (Å²) in [5.74, 6) is -0.390. The van der Waals surface area contributed by atoms with Gasteiger partial charge < -0.3 is 4.84 Å². The van der Waals surface area contributed by atoms with Gasteiger partial charge in [0.05, 0.1) is 18.1 Å². The van der Waals surface area contributed by atoms with Gasteiger partial charge in [0.1, 0.15) is 0 Å². The number of aromatic amines is 1. The molecule has 0 aliphatic carbocycles. The third-order valence-electron chi connectivity index (χ3n) is 3.67. The van der Waals surface area contributed by atoms with Crippen LogP contribution in [0.1, 0.15) is 23.5 Å². The number of rotatable bonds is 5. The number of carbonyl (C=O) groups is 1. The van der Waals surface area contributed by atoms with Crippen LogP contribution in [0.15, 0.2) is 54.7 Å². The topological polar surface area (TPSA) is 67.0 Å². The van der Waals surface area contributed by atoms with Crippen LogP contribution in [-0.4, -0.2) is 23.2 Å². The maximum atomic E-state index is 12.0. The molecule has 112 valence electrons. The molecule has 22 heavy (non-hydrogen) atoms. The zero-order valence-corrected chi connectivity index (χ0v) is 12.2. The van der Waals surface area contributed by atoms with E-state index in [0.717, 1.165) is 22.0 Å². The van der Waals surface area contributed by atoms with Gasteiger partial charge in [-0.1, -0.05) is 48.5 Å². The minimum atomic E-state index is -0.298. The van der Waals surface area contributed by atoms with Gasteiger partial charge in [-0.15, -0.1) is 0 Å². The van der Waals surface area contributed by atoms with E-state index in [1.807, 2.05) is 48.5 Å². The van der Waals surface area contributed by atoms with Gasteiger partial charge in [0, 0.05) is 18.4 Å². The molecule has 5 heteroatoms. The number of fused-ring (bicyclic) bond motifs is 1. The van der Waals surface area contributed by atoms with Crippen LogP contribution in [0, 0.1) is 0 Å². The Balaban J connectivity index is 2.05. The summed E-state index contributed by atoms with van der Waals surface area (Å²) in [6, 6.07) is 15.9. The maximum Gasteiger partial charge on any atom is 0.325 e. The largest absolute Gasteiger partial charge is 0.371 e. The molecule has 0 radical (unpaired) electrons. The smallest absolute Gasteiger partial charge is 0.325 e. The predicted molar refractivity (Wildman–Crippen MR) is 84.1 cm³/mol. The minimum absolute atomic E-state index is 0.0915. The molecule has 3 aromatic rings. The zero-order chi connectivity index (χ0) is 15.4. The number of benzene rings is 2. The van der Waals surface area contributed by atoms with E-state index in [0.29, 0.717) is 0 Å². The van der Waals surface area contributed by atoms with Crippen molar-refractivity contribution in [2.24, 2.45) is 0 Å². The first-order valence-electron chi connectivity index (χ1n) is 7.13. The van der Waals surface area contributed by atoms with Gasteiger partial charge in [-0.25, -0.2) is 0 Å². The van der Waals surface area contributed by atoms with Crippen molar-refractivity contribution in [3.8, 4) is 0 Å². The van der Waals surface area contributed by atoms with Crippen molar-refractivity contribution in [2.75, 3.05) is 7.05 Å². The Hall–Kier alpha value is -2.66. The highest BCUT2D eigenvalue weighted by Gasteiger charge is 2.21. The summed E-state index contributed by atoms with van der Waals surface area (Å²) in [4.78, 5) is 16.9. The summed E-state index contributed by atoms with van der Waals surface area (Å²) < 4.78 is 0. The molecule has 0 fully saturated rings. The maximum absolute atomic E-state index is 12.0. The summed E-state index contributed by atoms with van der Waals surface area (Å²) in [6.45, 7) is 0. The lowest BCUT2D eigenvalue weighted by Crippen LogP contribution is -2.18. The normalized spacial score (nSPS) is 12.2. The molecular weight excluding hydrogens is 278 g/mol. The van der Waals surface area contributed by atoms with E-state index >= 15 is 0 Å². The standard InChI is InChI=1S/C17H17N3O2/c1-18-22-16(21)10-15(12-6-3-2-4-7-12)14-9-5-8-13-11-19-20-17(13)14/h2-9,11,15,18H,10H2,1H3,(H,19,20). The third kappa shape index (κ3) is 2.84. The second-order valence-electron chi connectivity index (χ2n) is 5.03. The molecule has 1 atom stereocenters. The van der Waals surface area contributed by atoms with Crippen molar-refractivity contribution < 1.29 is 9.63 Å². The van der Waals surface area contributed by atoms with Gasteiger partial charge >= 0.3 is 5.97 Å². The van der Waals surface area contributed by atoms with E-state index in [1.165, 1.54) is 0 Å². The van der Waals surface area contributed by atoms with Gasteiger partial charge in [-0.05, 0) is 11.1 Å². The Morgan fingerprint density at radius 2 is 2.05 bits per heavy atom. The van der Waals surface area contributed by atoms with Gasteiger partial charge in [0.25, 0.3) is 0 Å². The van der Waals surface area contributed by atoms with Crippen molar-refractivity contribution in [1.29, 1.82) is 0 Å². The van der Waals surface area contributed by atoms with Crippen molar-refractivity contribution in [1.82, 2.24) is 15.7 Å². The Kier molecular flexibility index (Phi) is 4.16. The van der Waals surface area contributed by atoms with E-state index in [1.54, 1.807) is 13.2 Å². The number of nitrogens with one attached hydrogen (secondary N) is 2. The minimum Gasteiger partial charge on any atom is -0.371 e. The molecule has 0 saturated heterocycles. The fraction of sp³-hybridized carbons (Fsp3) is 0.176. The molecule has 0 spiro atoms. The van der Waals surface area contributed by atoms with Crippen LogP contribution in [0.25, 0.3) is 10.9 Å². The lowest BCUT2D eigenvalue weighted by atomic mass is 9.87. The first kappa shape index (κ1) is 14.3. The second kappa shape index (κ2) is 6.41. The highest BCUT2D eigenvalue weighted by molar-refractivity contribution is 5.83. The van der Waals surface area contributed by atoms with Crippen LogP contribution in [0.4, 0.5) is 0 Å². The molecular formula is C17H17N3O2. The fourth-order valence-corrected chi connectivity index (χ4v) is 2.70. The van der Waals surface area contributed by atoms with E-state index in [9.17, 15) is 4.79 Å². The van der Waals surface area contributed by atoms with Crippen molar-refractivity contribution >= 4 is 16.9 Å². The van der Waals surface area contributed by atoms with Crippen LogP contribution in [0.2, 0.25) is 0 Å². The lowest BCUT2D eigenvalue weighted by molar-refractivity contribution is -0.150.